The SMILES string of the molecule is CSC(=Nc1cc(C#N)ccc1C)NC#N. The average Bonchev–Trinajstić information content (AvgIpc) is 2.31. The fourth-order valence-corrected chi connectivity index (χ4v) is 1.42. The lowest BCUT2D eigenvalue weighted by molar-refractivity contribution is 1.27. The Morgan fingerprint density at radius 1 is 1.44 bits per heavy atom. The number of benzene rings is 1. The van der Waals surface area contributed by atoms with Gasteiger partial charge in [-0.15, -0.1) is 0 Å². The Morgan fingerprint density at radius 2 is 2.19 bits per heavy atom. The molecule has 16 heavy (non-hydrogen) atoms. The van der Waals surface area contributed by atoms with Gasteiger partial charge in [0, 0.05) is 0 Å². The number of nitrogens with zero attached hydrogens (tertiary/aromatic N) is 3. The third-order valence-corrected chi connectivity index (χ3v) is 2.50. The molecule has 0 atom stereocenters. The molecule has 1 aromatic rings. The topological polar surface area (TPSA) is 72.0 Å². The zero-order chi connectivity index (χ0) is 12.0. The Kier molecular flexibility index (Phi) is 4.38. The van der Waals surface area contributed by atoms with Crippen molar-refractivity contribution in [2.24, 2.45) is 4.99 Å². The van der Waals surface area contributed by atoms with Crippen molar-refractivity contribution < 1.29 is 0 Å². The Morgan fingerprint density at radius 3 is 2.75 bits per heavy atom. The van der Waals surface area contributed by atoms with Crippen LogP contribution in [0, 0.1) is 29.7 Å². The molecule has 0 unspecified atom stereocenters. The molecule has 0 amide bonds. The number of aliphatic imine (C=N–C) groups is 1. The van der Waals surface area contributed by atoms with Crippen molar-refractivity contribution in [2.75, 3.05) is 6.26 Å². The maximum absolute atomic E-state index is 8.78. The predicted molar refractivity (Wildman–Crippen MR) is 65.3 cm³/mol. The Labute approximate surface area is 98.6 Å². The maximum Gasteiger partial charge on any atom is 0.183 e. The van der Waals surface area contributed by atoms with Gasteiger partial charge in [0.15, 0.2) is 11.4 Å². The van der Waals surface area contributed by atoms with E-state index in [0.717, 1.165) is 5.56 Å². The number of aryl methyl sites for hydroxylation is 1. The van der Waals surface area contributed by atoms with Gasteiger partial charge in [-0.1, -0.05) is 17.8 Å². The van der Waals surface area contributed by atoms with Crippen LogP contribution in [0.1, 0.15) is 11.1 Å². The summed E-state index contributed by atoms with van der Waals surface area (Å²) in [5, 5.41) is 20.3. The van der Waals surface area contributed by atoms with E-state index < -0.39 is 0 Å². The highest BCUT2D eigenvalue weighted by molar-refractivity contribution is 8.13. The molecular weight excluding hydrogens is 220 g/mol. The zero-order valence-corrected chi connectivity index (χ0v) is 9.80. The largest absolute Gasteiger partial charge is 0.271 e. The third kappa shape index (κ3) is 3.01. The van der Waals surface area contributed by atoms with Gasteiger partial charge in [-0.05, 0) is 30.9 Å². The van der Waals surface area contributed by atoms with Gasteiger partial charge in [0.25, 0.3) is 0 Å². The molecular formula is C11H10N4S. The Balaban J connectivity index is 3.13. The molecule has 0 bridgehead atoms. The standard InChI is InChI=1S/C11H10N4S/c1-8-3-4-9(6-12)5-10(8)15-11(16-2)14-7-13/h3-5H,1-2H3,(H,14,15). The van der Waals surface area contributed by atoms with Gasteiger partial charge < -0.3 is 0 Å². The lowest BCUT2D eigenvalue weighted by atomic mass is 10.1. The van der Waals surface area contributed by atoms with Gasteiger partial charge in [-0.25, -0.2) is 4.99 Å². The van der Waals surface area contributed by atoms with Crippen molar-refractivity contribution in [3.8, 4) is 12.3 Å². The highest BCUT2D eigenvalue weighted by atomic mass is 32.2. The molecule has 1 N–H and O–H groups in total. The van der Waals surface area contributed by atoms with Crippen molar-refractivity contribution in [1.82, 2.24) is 5.32 Å². The summed E-state index contributed by atoms with van der Waals surface area (Å²) in [5.41, 5.74) is 2.22. The lowest BCUT2D eigenvalue weighted by Crippen LogP contribution is -2.12. The summed E-state index contributed by atoms with van der Waals surface area (Å²) >= 11 is 1.34. The van der Waals surface area contributed by atoms with Crippen molar-refractivity contribution >= 4 is 22.6 Å². The molecule has 1 aromatic carbocycles. The highest BCUT2D eigenvalue weighted by Gasteiger charge is 2.01. The Hall–Kier alpha value is -1.98. The van der Waals surface area contributed by atoms with Crippen LogP contribution in [0.2, 0.25) is 0 Å². The van der Waals surface area contributed by atoms with Gasteiger partial charge >= 0.3 is 0 Å². The monoisotopic (exact) mass is 230 g/mol. The fraction of sp³-hybridized carbons (Fsp3) is 0.182. The normalized spacial score (nSPS) is 10.4. The minimum atomic E-state index is 0.515. The molecule has 5 heteroatoms. The van der Waals surface area contributed by atoms with Gasteiger partial charge in [0.1, 0.15) is 0 Å². The molecule has 0 aliphatic rings. The molecule has 0 aliphatic heterocycles. The summed E-state index contributed by atoms with van der Waals surface area (Å²) in [6.45, 7) is 1.91. The first-order chi connectivity index (χ1) is 7.71. The van der Waals surface area contributed by atoms with Crippen LogP contribution in [0.3, 0.4) is 0 Å². The number of hydrogen-bond acceptors (Lipinski definition) is 4. The molecule has 0 saturated heterocycles. The summed E-state index contributed by atoms with van der Waals surface area (Å²) in [4.78, 5) is 4.27. The Bertz CT molecular complexity index is 494. The lowest BCUT2D eigenvalue weighted by Gasteiger charge is -2.03. The van der Waals surface area contributed by atoms with Gasteiger partial charge in [-0.3, -0.25) is 5.32 Å². The van der Waals surface area contributed by atoms with E-state index in [2.05, 4.69) is 16.4 Å². The van der Waals surface area contributed by atoms with E-state index in [1.807, 2.05) is 25.4 Å². The minimum Gasteiger partial charge on any atom is -0.271 e. The quantitative estimate of drug-likeness (QED) is 0.348. The van der Waals surface area contributed by atoms with E-state index >= 15 is 0 Å². The van der Waals surface area contributed by atoms with Crippen molar-refractivity contribution in [3.05, 3.63) is 29.3 Å². The van der Waals surface area contributed by atoms with Gasteiger partial charge in [0.2, 0.25) is 0 Å². The second kappa shape index (κ2) is 5.79. The van der Waals surface area contributed by atoms with Gasteiger partial charge in [-0.2, -0.15) is 10.5 Å². The molecule has 0 aromatic heterocycles. The first-order valence-corrected chi connectivity index (χ1v) is 5.72. The van der Waals surface area contributed by atoms with Crippen LogP contribution < -0.4 is 5.32 Å². The second-order valence-electron chi connectivity index (χ2n) is 2.97. The fourth-order valence-electron chi connectivity index (χ4n) is 1.08. The van der Waals surface area contributed by atoms with Crippen molar-refractivity contribution in [1.29, 1.82) is 10.5 Å². The van der Waals surface area contributed by atoms with E-state index in [4.69, 9.17) is 10.5 Å². The third-order valence-electron chi connectivity index (χ3n) is 1.92. The zero-order valence-electron chi connectivity index (χ0n) is 8.98. The van der Waals surface area contributed by atoms with E-state index in [0.29, 0.717) is 16.4 Å². The number of amidine groups is 1. The molecule has 1 rings (SSSR count). The van der Waals surface area contributed by atoms with Crippen molar-refractivity contribution in [3.63, 3.8) is 0 Å². The van der Waals surface area contributed by atoms with Crippen LogP contribution in [0.5, 0.6) is 0 Å². The number of nitrogens with one attached hydrogen (secondary N) is 1. The van der Waals surface area contributed by atoms with E-state index in [1.165, 1.54) is 11.8 Å². The van der Waals surface area contributed by atoms with Crippen LogP contribution >= 0.6 is 11.8 Å². The molecule has 0 saturated carbocycles. The van der Waals surface area contributed by atoms with E-state index in [1.54, 1.807) is 12.1 Å². The summed E-state index contributed by atoms with van der Waals surface area (Å²) in [5.74, 6) is 0. The second-order valence-corrected chi connectivity index (χ2v) is 3.77. The number of thioether (sulfide) groups is 1. The predicted octanol–water partition coefficient (Wildman–Crippen LogP) is 2.29. The van der Waals surface area contributed by atoms with Crippen LogP contribution in [0.25, 0.3) is 0 Å². The molecule has 4 nitrogen and oxygen atoms in total. The summed E-state index contributed by atoms with van der Waals surface area (Å²) in [7, 11) is 0. The van der Waals surface area contributed by atoms with Crippen LogP contribution in [0.4, 0.5) is 5.69 Å². The van der Waals surface area contributed by atoms with E-state index in [-0.39, 0.29) is 0 Å². The maximum atomic E-state index is 8.78. The molecule has 80 valence electrons. The molecule has 0 aliphatic carbocycles. The van der Waals surface area contributed by atoms with Crippen molar-refractivity contribution in [2.45, 2.75) is 6.92 Å². The van der Waals surface area contributed by atoms with Crippen LogP contribution in [-0.4, -0.2) is 11.4 Å². The summed E-state index contributed by atoms with van der Waals surface area (Å²) in [6.07, 6.45) is 3.65. The van der Waals surface area contributed by atoms with Crippen LogP contribution in [-0.2, 0) is 0 Å². The first kappa shape index (κ1) is 12.1. The molecule has 0 heterocycles. The van der Waals surface area contributed by atoms with Crippen LogP contribution in [0.15, 0.2) is 23.2 Å². The average molecular weight is 230 g/mol. The molecule has 0 fully saturated rings. The number of nitriles is 2. The number of rotatable bonds is 1. The number of hydrogen-bond donors (Lipinski definition) is 1. The first-order valence-electron chi connectivity index (χ1n) is 4.49. The minimum absolute atomic E-state index is 0.515. The summed E-state index contributed by atoms with van der Waals surface area (Å²) in [6, 6.07) is 7.33. The smallest absolute Gasteiger partial charge is 0.183 e. The molecule has 0 spiro atoms. The van der Waals surface area contributed by atoms with E-state index in [9.17, 15) is 0 Å². The van der Waals surface area contributed by atoms with Gasteiger partial charge in [0.05, 0.1) is 17.3 Å². The molecule has 0 radical (unpaired) electrons. The summed E-state index contributed by atoms with van der Waals surface area (Å²) < 4.78 is 0. The highest BCUT2D eigenvalue weighted by Crippen LogP contribution is 2.21.